The third kappa shape index (κ3) is 3.89. The molecule has 174 valence electrons. The van der Waals surface area contributed by atoms with Gasteiger partial charge in [-0.2, -0.15) is 5.10 Å². The number of ether oxygens (including phenoxy) is 1. The lowest BCUT2D eigenvalue weighted by Crippen LogP contribution is -2.37. The van der Waals surface area contributed by atoms with E-state index in [1.165, 1.54) is 17.8 Å². The van der Waals surface area contributed by atoms with Crippen LogP contribution in [-0.4, -0.2) is 46.0 Å². The third-order valence-corrected chi connectivity index (χ3v) is 6.59. The standard InChI is InChI=1S/C25H24N4O5/c1-29-20(22(30)31)12-21(28-29)27-23(32)25(10-11-25)14-26-24(33)34-13-19-17-8-4-2-6-15(17)16-7-3-5-9-18(16)19/h2-9,12,19H,10-11,13-14H2,1H3,(H,26,33)(H,30,31)(H,27,28,32). The number of carboxylic acid groups (broad SMARTS) is 1. The molecule has 0 atom stereocenters. The van der Waals surface area contributed by atoms with Crippen molar-refractivity contribution in [2.75, 3.05) is 18.5 Å². The smallest absolute Gasteiger partial charge is 0.407 e. The fourth-order valence-corrected chi connectivity index (χ4v) is 4.50. The number of carboxylic acids is 1. The number of fused-ring (bicyclic) bond motifs is 3. The van der Waals surface area contributed by atoms with Gasteiger partial charge in [-0.15, -0.1) is 0 Å². The molecule has 1 aromatic heterocycles. The van der Waals surface area contributed by atoms with Crippen molar-refractivity contribution in [2.24, 2.45) is 12.5 Å². The van der Waals surface area contributed by atoms with Gasteiger partial charge < -0.3 is 20.5 Å². The van der Waals surface area contributed by atoms with E-state index in [0.717, 1.165) is 22.3 Å². The van der Waals surface area contributed by atoms with Crippen LogP contribution in [0.5, 0.6) is 0 Å². The van der Waals surface area contributed by atoms with Crippen molar-refractivity contribution < 1.29 is 24.2 Å². The minimum atomic E-state index is -1.13. The molecule has 1 saturated carbocycles. The lowest BCUT2D eigenvalue weighted by Gasteiger charge is -2.17. The molecule has 5 rings (SSSR count). The Morgan fingerprint density at radius 2 is 1.71 bits per heavy atom. The molecule has 2 aliphatic rings. The normalized spacial score (nSPS) is 15.2. The molecule has 0 radical (unpaired) electrons. The summed E-state index contributed by atoms with van der Waals surface area (Å²) in [5.41, 5.74) is 3.79. The van der Waals surface area contributed by atoms with E-state index in [1.807, 2.05) is 24.3 Å². The first-order valence-electron chi connectivity index (χ1n) is 11.1. The number of benzene rings is 2. The summed E-state index contributed by atoms with van der Waals surface area (Å²) < 4.78 is 6.73. The zero-order valence-corrected chi connectivity index (χ0v) is 18.6. The predicted octanol–water partition coefficient (Wildman–Crippen LogP) is 3.38. The molecule has 1 fully saturated rings. The van der Waals surface area contributed by atoms with Crippen molar-refractivity contribution in [3.63, 3.8) is 0 Å². The third-order valence-electron chi connectivity index (χ3n) is 6.59. The number of aryl methyl sites for hydroxylation is 1. The van der Waals surface area contributed by atoms with E-state index in [1.54, 1.807) is 0 Å². The molecule has 3 aromatic rings. The maximum atomic E-state index is 12.7. The van der Waals surface area contributed by atoms with Gasteiger partial charge in [-0.1, -0.05) is 48.5 Å². The van der Waals surface area contributed by atoms with Gasteiger partial charge in [-0.05, 0) is 35.1 Å². The lowest BCUT2D eigenvalue weighted by atomic mass is 9.98. The number of anilines is 1. The molecule has 0 aliphatic heterocycles. The Morgan fingerprint density at radius 3 is 2.26 bits per heavy atom. The number of alkyl carbamates (subject to hydrolysis) is 1. The number of amides is 2. The Hall–Kier alpha value is -4.14. The molecule has 9 heteroatoms. The maximum absolute atomic E-state index is 12.7. The number of aromatic carboxylic acids is 1. The predicted molar refractivity (Wildman–Crippen MR) is 124 cm³/mol. The van der Waals surface area contributed by atoms with E-state index >= 15 is 0 Å². The van der Waals surface area contributed by atoms with Crippen molar-refractivity contribution in [1.29, 1.82) is 0 Å². The Labute approximate surface area is 195 Å². The second kappa shape index (κ2) is 8.33. The monoisotopic (exact) mass is 460 g/mol. The summed E-state index contributed by atoms with van der Waals surface area (Å²) in [6.45, 7) is 0.332. The van der Waals surface area contributed by atoms with Gasteiger partial charge in [-0.3, -0.25) is 9.48 Å². The topological polar surface area (TPSA) is 123 Å². The molecule has 9 nitrogen and oxygen atoms in total. The summed E-state index contributed by atoms with van der Waals surface area (Å²) in [5, 5.41) is 18.5. The number of carbonyl (C=O) groups is 3. The fraction of sp³-hybridized carbons (Fsp3) is 0.280. The highest BCUT2D eigenvalue weighted by molar-refractivity contribution is 5.98. The average Bonchev–Trinajstić information content (AvgIpc) is 3.44. The Balaban J connectivity index is 1.17. The molecular weight excluding hydrogens is 436 g/mol. The van der Waals surface area contributed by atoms with Crippen LogP contribution in [0.15, 0.2) is 54.6 Å². The van der Waals surface area contributed by atoms with E-state index in [2.05, 4.69) is 40.0 Å². The van der Waals surface area contributed by atoms with E-state index in [9.17, 15) is 14.4 Å². The zero-order chi connectivity index (χ0) is 23.9. The molecule has 0 bridgehead atoms. The number of aromatic nitrogens is 2. The number of rotatable bonds is 7. The number of hydrogen-bond donors (Lipinski definition) is 3. The van der Waals surface area contributed by atoms with Crippen LogP contribution >= 0.6 is 0 Å². The van der Waals surface area contributed by atoms with Gasteiger partial charge in [-0.25, -0.2) is 9.59 Å². The fourth-order valence-electron chi connectivity index (χ4n) is 4.50. The molecular formula is C25H24N4O5. The second-order valence-electron chi connectivity index (χ2n) is 8.76. The number of hydrogen-bond acceptors (Lipinski definition) is 5. The first-order valence-corrected chi connectivity index (χ1v) is 11.1. The molecule has 0 unspecified atom stereocenters. The maximum Gasteiger partial charge on any atom is 0.407 e. The zero-order valence-electron chi connectivity index (χ0n) is 18.6. The number of nitrogens with zero attached hydrogens (tertiary/aromatic N) is 2. The van der Waals surface area contributed by atoms with Gasteiger partial charge in [0.1, 0.15) is 12.3 Å². The van der Waals surface area contributed by atoms with Gasteiger partial charge in [0.25, 0.3) is 0 Å². The van der Waals surface area contributed by atoms with Crippen LogP contribution in [-0.2, 0) is 16.6 Å². The van der Waals surface area contributed by atoms with Crippen LogP contribution in [0, 0.1) is 5.41 Å². The highest BCUT2D eigenvalue weighted by Crippen LogP contribution is 2.46. The van der Waals surface area contributed by atoms with Crippen LogP contribution in [0.3, 0.4) is 0 Å². The summed E-state index contributed by atoms with van der Waals surface area (Å²) in [6.07, 6.45) is 0.648. The van der Waals surface area contributed by atoms with Crippen LogP contribution in [0.4, 0.5) is 10.6 Å². The lowest BCUT2D eigenvalue weighted by molar-refractivity contribution is -0.120. The van der Waals surface area contributed by atoms with Crippen LogP contribution in [0.25, 0.3) is 11.1 Å². The molecule has 2 amide bonds. The Morgan fingerprint density at radius 1 is 1.09 bits per heavy atom. The van der Waals surface area contributed by atoms with Crippen molar-refractivity contribution in [2.45, 2.75) is 18.8 Å². The van der Waals surface area contributed by atoms with Crippen LogP contribution in [0.2, 0.25) is 0 Å². The molecule has 0 spiro atoms. The van der Waals surface area contributed by atoms with E-state index < -0.39 is 17.5 Å². The first-order chi connectivity index (χ1) is 16.4. The van der Waals surface area contributed by atoms with Crippen molar-refractivity contribution in [1.82, 2.24) is 15.1 Å². The molecule has 2 aromatic carbocycles. The summed E-state index contributed by atoms with van der Waals surface area (Å²) in [5.74, 6) is -1.31. The molecule has 1 heterocycles. The minimum Gasteiger partial charge on any atom is -0.477 e. The van der Waals surface area contributed by atoms with Gasteiger partial charge in [0.15, 0.2) is 5.82 Å². The van der Waals surface area contributed by atoms with Crippen molar-refractivity contribution >= 4 is 23.8 Å². The van der Waals surface area contributed by atoms with Crippen LogP contribution < -0.4 is 10.6 Å². The summed E-state index contributed by atoms with van der Waals surface area (Å²) in [6, 6.07) is 17.5. The summed E-state index contributed by atoms with van der Waals surface area (Å²) >= 11 is 0. The van der Waals surface area contributed by atoms with E-state index in [0.29, 0.717) is 12.8 Å². The summed E-state index contributed by atoms with van der Waals surface area (Å²) in [7, 11) is 1.49. The molecule has 34 heavy (non-hydrogen) atoms. The SMILES string of the molecule is Cn1nc(NC(=O)C2(CNC(=O)OCC3c4ccccc4-c4ccccc43)CC2)cc1C(=O)O. The van der Waals surface area contributed by atoms with Crippen LogP contribution in [0.1, 0.15) is 40.4 Å². The first kappa shape index (κ1) is 21.7. The van der Waals surface area contributed by atoms with E-state index in [4.69, 9.17) is 9.84 Å². The van der Waals surface area contributed by atoms with Gasteiger partial charge >= 0.3 is 12.1 Å². The molecule has 0 saturated heterocycles. The quantitative estimate of drug-likeness (QED) is 0.497. The summed E-state index contributed by atoms with van der Waals surface area (Å²) in [4.78, 5) is 36.4. The van der Waals surface area contributed by atoms with Crippen molar-refractivity contribution in [3.8, 4) is 11.1 Å². The highest BCUT2D eigenvalue weighted by atomic mass is 16.5. The molecule has 3 N–H and O–H groups in total. The Bertz CT molecular complexity index is 1250. The Kier molecular flexibility index (Phi) is 5.31. The number of nitrogens with one attached hydrogen (secondary N) is 2. The molecule has 2 aliphatic carbocycles. The minimum absolute atomic E-state index is 0.0306. The van der Waals surface area contributed by atoms with Gasteiger partial charge in [0.05, 0.1) is 5.41 Å². The van der Waals surface area contributed by atoms with E-state index in [-0.39, 0.29) is 36.5 Å². The highest BCUT2D eigenvalue weighted by Gasteiger charge is 2.50. The second-order valence-corrected chi connectivity index (χ2v) is 8.76. The largest absolute Gasteiger partial charge is 0.477 e. The van der Waals surface area contributed by atoms with Crippen molar-refractivity contribution in [3.05, 3.63) is 71.4 Å². The van der Waals surface area contributed by atoms with Gasteiger partial charge in [0.2, 0.25) is 5.91 Å². The average molecular weight is 460 g/mol. The van der Waals surface area contributed by atoms with Gasteiger partial charge in [0, 0.05) is 25.6 Å². The number of carbonyl (C=O) groups excluding carboxylic acids is 2.